The molecule has 0 bridgehead atoms. The molecule has 2 radical (unpaired) electrons. The fraction of sp³-hybridized carbons (Fsp3) is 0.0500. The summed E-state index contributed by atoms with van der Waals surface area (Å²) < 4.78 is 126. The normalized spacial score (nSPS) is 11.2. The van der Waals surface area contributed by atoms with Gasteiger partial charge in [-0.05, 0) is 94.9 Å². The molecule has 42 heteroatoms. The van der Waals surface area contributed by atoms with E-state index in [-0.39, 0.29) is 211 Å². The molecule has 0 fully saturated rings. The molecule has 0 aliphatic heterocycles. The quantitative estimate of drug-likeness (QED) is 0.00484. The first-order chi connectivity index (χ1) is 36.5. The van der Waals surface area contributed by atoms with Gasteiger partial charge >= 0.3 is 179 Å². The first kappa shape index (κ1) is 78.4. The Hall–Kier alpha value is -1.61. The SMILES string of the molecule is NC(=O)c1cc[n+](-c2nc(Nc3ccccc3S(=O)(=O)[O-])nc(Nc3ccc4c(O)c(N=Nc5ccc(C(=O)Nc6cccc(S(=O)(=O)CCOSOO[O-])c6)cc5)c(SOO[O-])cc4c3S(=O)(=O)[O-])n2)cc1.[B]I(F)I.[Cl-].[Na+].[Na+].[Na+].[Na+]. The maximum Gasteiger partial charge on any atom is 1.00 e. The average molecular weight is 1510 g/mol. The topological polar surface area (TPSA) is 425 Å². The molecule has 0 saturated carbocycles. The van der Waals surface area contributed by atoms with Gasteiger partial charge in [-0.25, -0.2) is 29.8 Å². The molecule has 6 N–H and O–H groups in total. The van der Waals surface area contributed by atoms with E-state index in [1.54, 1.807) is 18.6 Å². The number of rotatable bonds is 22. The van der Waals surface area contributed by atoms with E-state index < -0.39 is 108 Å². The predicted molar refractivity (Wildman–Crippen MR) is 280 cm³/mol. The smallest absolute Gasteiger partial charge is 1.00 e. The van der Waals surface area contributed by atoms with E-state index in [9.17, 15) is 62.4 Å². The van der Waals surface area contributed by atoms with Crippen molar-refractivity contribution in [3.63, 3.8) is 0 Å². The van der Waals surface area contributed by atoms with Crippen LogP contribution in [0.15, 0.2) is 145 Å². The van der Waals surface area contributed by atoms with Crippen LogP contribution < -0.4 is 167 Å². The number of phenolic OH excluding ortho intramolecular Hbond substituents is 1. The molecule has 28 nitrogen and oxygen atoms in total. The fourth-order valence-corrected chi connectivity index (χ4v) is 9.79. The molecule has 2 aromatic heterocycles. The number of amides is 2. The number of fused-ring (bicyclic) bond motifs is 1. The summed E-state index contributed by atoms with van der Waals surface area (Å²) in [4.78, 5) is 35.4. The zero-order chi connectivity index (χ0) is 56.1. The zero-order valence-corrected chi connectivity index (χ0v) is 59.3. The Morgan fingerprint density at radius 3 is 1.98 bits per heavy atom. The summed E-state index contributed by atoms with van der Waals surface area (Å²) in [5.41, 5.74) is 9.16. The van der Waals surface area contributed by atoms with Crippen LogP contribution >= 0.6 is 59.2 Å². The molecule has 0 spiro atoms. The second kappa shape index (κ2) is 36.6. The number of para-hydroxylation sites is 1. The van der Waals surface area contributed by atoms with Crippen LogP contribution in [0.3, 0.4) is 0 Å². The average Bonchev–Trinajstić information content (AvgIpc) is 3.52. The Morgan fingerprint density at radius 2 is 1.39 bits per heavy atom. The number of azo groups is 1. The predicted octanol–water partition coefficient (Wildman–Crippen LogP) is -10.3. The van der Waals surface area contributed by atoms with E-state index in [0.29, 0.717) is 0 Å². The number of carbonyl (C=O) groups is 2. The van der Waals surface area contributed by atoms with E-state index in [1.807, 2.05) is 0 Å². The number of hydrogen-bond donors (Lipinski definition) is 5. The molecule has 0 aliphatic rings. The number of nitrogens with one attached hydrogen (secondary N) is 3. The van der Waals surface area contributed by atoms with Gasteiger partial charge in [0, 0.05) is 27.6 Å². The number of halogens is 4. The number of phenols is 1. The van der Waals surface area contributed by atoms with Gasteiger partial charge in [0.25, 0.3) is 5.91 Å². The van der Waals surface area contributed by atoms with Crippen LogP contribution in [0.25, 0.3) is 16.7 Å². The first-order valence-electron chi connectivity index (χ1n) is 20.2. The number of aromatic hydroxyl groups is 1. The summed E-state index contributed by atoms with van der Waals surface area (Å²) in [6, 6.07) is 21.5. The van der Waals surface area contributed by atoms with Gasteiger partial charge in [-0.3, -0.25) is 23.8 Å². The summed E-state index contributed by atoms with van der Waals surface area (Å²) in [6.07, 6.45) is 2.64. The molecule has 0 atom stereocenters. The minimum absolute atomic E-state index is 0. The Bertz CT molecular complexity index is 3710. The van der Waals surface area contributed by atoms with Crippen molar-refractivity contribution >= 4 is 158 Å². The van der Waals surface area contributed by atoms with Crippen LogP contribution in [0.5, 0.6) is 5.75 Å². The van der Waals surface area contributed by atoms with Crippen molar-refractivity contribution in [1.82, 2.24) is 15.0 Å². The molecule has 2 amide bonds. The van der Waals surface area contributed by atoms with Crippen molar-refractivity contribution in [3.05, 3.63) is 127 Å². The van der Waals surface area contributed by atoms with Crippen LogP contribution in [-0.4, -0.2) is 84.3 Å². The number of nitrogens with two attached hydrogens (primary N) is 1. The number of sulfone groups is 1. The van der Waals surface area contributed by atoms with Crippen LogP contribution in [0, 0.1) is 0 Å². The molecule has 7 aromatic rings. The summed E-state index contributed by atoms with van der Waals surface area (Å²) in [5, 5.41) is 54.1. The van der Waals surface area contributed by atoms with Crippen molar-refractivity contribution < 1.29 is 221 Å². The molecule has 0 saturated heterocycles. The van der Waals surface area contributed by atoms with Crippen molar-refractivity contribution in [2.24, 2.45) is 16.0 Å². The monoisotopic (exact) mass is 1510 g/mol. The maximum atomic E-state index is 13.1. The van der Waals surface area contributed by atoms with Gasteiger partial charge in [0.2, 0.25) is 5.91 Å². The second-order valence-electron chi connectivity index (χ2n) is 14.4. The van der Waals surface area contributed by atoms with Gasteiger partial charge < -0.3 is 58.8 Å². The maximum absolute atomic E-state index is 13.1. The van der Waals surface area contributed by atoms with Gasteiger partial charge in [0.1, 0.15) is 25.9 Å². The van der Waals surface area contributed by atoms with Crippen molar-refractivity contribution in [1.29, 1.82) is 0 Å². The molecular weight excluding hydrogens is 1480 g/mol. The Morgan fingerprint density at radius 1 is 0.780 bits per heavy atom. The number of benzene rings is 5. The number of nitrogens with zero attached hydrogens (tertiary/aromatic N) is 6. The zero-order valence-electron chi connectivity index (χ0n) is 42.2. The number of hydrogen-bond acceptors (Lipinski definition) is 27. The third kappa shape index (κ3) is 22.8. The van der Waals surface area contributed by atoms with E-state index in [0.717, 1.165) is 18.2 Å². The van der Waals surface area contributed by atoms with Gasteiger partial charge in [-0.15, -0.1) is 14.4 Å². The second-order valence-corrected chi connectivity index (χ2v) is 26.9. The largest absolute Gasteiger partial charge is 1.00 e. The number of carbonyl (C=O) groups excluding carboxylic acids is 2. The Balaban J connectivity index is 0.00000361. The minimum Gasteiger partial charge on any atom is -1.00 e. The fourth-order valence-electron chi connectivity index (χ4n) is 6.40. The number of aromatic nitrogens is 4. The standard InChI is InChI=1S/C40H32N10O18S5.BFI2.ClH.4Na/c41-36(52)22-14-16-50(17-15-22)40-46-38(43-29-6-1-2-7-32(29)72(58,59)60)45-39(47-40)44-30-13-12-27-28(35(30)73(61,62)63)21-31(69-67-65-54)33(34(27)51)49-48-24-10-8-23(9-11-24)37(53)42-25-4-3-5-26(20-25)71(56,57)19-18-64-70-68-66-55;1-4(2)3;;;;;/h1-17,20-21H,18-19H2,(H9-,41,42,43,44,45,46,47,48,51,52,53,54,55,58,59,60,61,62,63);;1H;;;;/q;;;4*+1/p-4. The molecule has 7 rings (SSSR count). The van der Waals surface area contributed by atoms with Crippen LogP contribution in [0.2, 0.25) is 0 Å². The van der Waals surface area contributed by atoms with Crippen LogP contribution in [0.1, 0.15) is 20.7 Å². The van der Waals surface area contributed by atoms with E-state index in [2.05, 4.69) is 65.6 Å². The molecule has 412 valence electrons. The van der Waals surface area contributed by atoms with E-state index in [1.165, 1.54) is 102 Å². The molecule has 0 unspecified atom stereocenters. The summed E-state index contributed by atoms with van der Waals surface area (Å²) in [5.74, 6) is -3.85. The van der Waals surface area contributed by atoms with Crippen molar-refractivity contribution in [3.8, 4) is 11.7 Å². The molecule has 2 heterocycles. The molecular formula is C40H29BClFI2N10Na4O18S5. The van der Waals surface area contributed by atoms with Crippen LogP contribution in [-0.2, 0) is 53.0 Å². The Kier molecular flexibility index (Phi) is 35.0. The molecule has 82 heavy (non-hydrogen) atoms. The third-order valence-electron chi connectivity index (χ3n) is 9.59. The molecule has 0 aliphatic carbocycles. The minimum atomic E-state index is -5.54. The van der Waals surface area contributed by atoms with Gasteiger partial charge in [-0.1, -0.05) is 18.2 Å². The van der Waals surface area contributed by atoms with Crippen molar-refractivity contribution in [2.75, 3.05) is 28.3 Å². The molecule has 5 aromatic carbocycles. The summed E-state index contributed by atoms with van der Waals surface area (Å²) in [6.45, 7) is -0.360. The van der Waals surface area contributed by atoms with Crippen molar-refractivity contribution in [2.45, 2.75) is 19.6 Å². The van der Waals surface area contributed by atoms with Gasteiger partial charge in [0.05, 0.1) is 73.4 Å². The summed E-state index contributed by atoms with van der Waals surface area (Å²) >= 11 is -0.391. The third-order valence-corrected chi connectivity index (χ3v) is 14.1. The first-order valence-corrected chi connectivity index (χ1v) is 34.5. The number of anilines is 5. The Labute approximate surface area is 587 Å². The van der Waals surface area contributed by atoms with E-state index in [4.69, 9.17) is 9.92 Å². The number of pyridine rings is 1. The van der Waals surface area contributed by atoms with E-state index >= 15 is 0 Å². The number of primary amides is 1. The van der Waals surface area contributed by atoms with Gasteiger partial charge in [-0.2, -0.15) is 9.45 Å². The summed E-state index contributed by atoms with van der Waals surface area (Å²) in [7, 11) is -14.5. The van der Waals surface area contributed by atoms with Gasteiger partial charge in [0.15, 0.2) is 27.9 Å². The van der Waals surface area contributed by atoms with Crippen LogP contribution in [0.4, 0.5) is 43.2 Å².